The first-order valence-electron chi connectivity index (χ1n) is 6.63. The molecule has 0 fully saturated rings. The lowest BCUT2D eigenvalue weighted by molar-refractivity contribution is 0.283. The zero-order valence-corrected chi connectivity index (χ0v) is 12.8. The molecule has 22 heavy (non-hydrogen) atoms. The summed E-state index contributed by atoms with van der Waals surface area (Å²) in [5, 5.41) is 8.89. The number of nitriles is 1. The summed E-state index contributed by atoms with van der Waals surface area (Å²) in [4.78, 5) is 0. The summed E-state index contributed by atoms with van der Waals surface area (Å²) in [6, 6.07) is 12.7. The Hall–Kier alpha value is -2.87. The Morgan fingerprint density at radius 3 is 2.09 bits per heavy atom. The average Bonchev–Trinajstić information content (AvgIpc) is 2.59. The SMILES string of the molecule is COc1ccc(COc2ccc(C#N)cc2OC)cc1OC. The molecule has 0 aliphatic rings. The summed E-state index contributed by atoms with van der Waals surface area (Å²) >= 11 is 0. The third-order valence-corrected chi connectivity index (χ3v) is 3.14. The maximum atomic E-state index is 8.89. The highest BCUT2D eigenvalue weighted by Crippen LogP contribution is 2.31. The van der Waals surface area contributed by atoms with Crippen LogP contribution in [-0.2, 0) is 6.61 Å². The molecule has 5 heteroatoms. The molecule has 0 aromatic heterocycles. The fourth-order valence-electron chi connectivity index (χ4n) is 1.99. The van der Waals surface area contributed by atoms with Crippen molar-refractivity contribution in [3.63, 3.8) is 0 Å². The van der Waals surface area contributed by atoms with Crippen molar-refractivity contribution in [1.29, 1.82) is 5.26 Å². The summed E-state index contributed by atoms with van der Waals surface area (Å²) in [7, 11) is 4.72. The van der Waals surface area contributed by atoms with Crippen LogP contribution in [-0.4, -0.2) is 21.3 Å². The largest absolute Gasteiger partial charge is 0.493 e. The summed E-state index contributed by atoms with van der Waals surface area (Å²) in [5.74, 6) is 2.42. The van der Waals surface area contributed by atoms with Gasteiger partial charge in [-0.1, -0.05) is 6.07 Å². The first-order chi connectivity index (χ1) is 10.7. The lowest BCUT2D eigenvalue weighted by Crippen LogP contribution is -1.99. The van der Waals surface area contributed by atoms with Crippen molar-refractivity contribution in [1.82, 2.24) is 0 Å². The summed E-state index contributed by atoms with van der Waals surface area (Å²) < 4.78 is 21.5. The second kappa shape index (κ2) is 7.23. The molecule has 0 spiro atoms. The van der Waals surface area contributed by atoms with Crippen molar-refractivity contribution in [2.24, 2.45) is 0 Å². The Balaban J connectivity index is 2.15. The summed E-state index contributed by atoms with van der Waals surface area (Å²) in [6.45, 7) is 0.350. The number of hydrogen-bond donors (Lipinski definition) is 0. The van der Waals surface area contributed by atoms with E-state index < -0.39 is 0 Å². The first-order valence-corrected chi connectivity index (χ1v) is 6.63. The van der Waals surface area contributed by atoms with E-state index in [1.807, 2.05) is 18.2 Å². The molecular weight excluding hydrogens is 282 g/mol. The van der Waals surface area contributed by atoms with Crippen molar-refractivity contribution < 1.29 is 18.9 Å². The number of hydrogen-bond acceptors (Lipinski definition) is 5. The number of methoxy groups -OCH3 is 3. The summed E-state index contributed by atoms with van der Waals surface area (Å²) in [6.07, 6.45) is 0. The van der Waals surface area contributed by atoms with Crippen LogP contribution < -0.4 is 18.9 Å². The molecule has 0 unspecified atom stereocenters. The lowest BCUT2D eigenvalue weighted by Gasteiger charge is -2.12. The molecule has 0 radical (unpaired) electrons. The van der Waals surface area contributed by atoms with E-state index in [4.69, 9.17) is 24.2 Å². The number of rotatable bonds is 6. The molecule has 114 valence electrons. The third kappa shape index (κ3) is 3.41. The quantitative estimate of drug-likeness (QED) is 0.820. The van der Waals surface area contributed by atoms with Crippen molar-refractivity contribution in [2.45, 2.75) is 6.61 Å². The molecule has 0 saturated heterocycles. The van der Waals surface area contributed by atoms with Gasteiger partial charge in [-0.25, -0.2) is 0 Å². The zero-order chi connectivity index (χ0) is 15.9. The fraction of sp³-hybridized carbons (Fsp3) is 0.235. The Kier molecular flexibility index (Phi) is 5.10. The number of ether oxygens (including phenoxy) is 4. The molecule has 2 aromatic rings. The number of benzene rings is 2. The lowest BCUT2D eigenvalue weighted by atomic mass is 10.2. The van der Waals surface area contributed by atoms with Crippen LogP contribution in [0, 0.1) is 11.3 Å². The highest BCUT2D eigenvalue weighted by Gasteiger charge is 2.08. The fourth-order valence-corrected chi connectivity index (χ4v) is 1.99. The first kappa shape index (κ1) is 15.5. The van der Waals surface area contributed by atoms with Gasteiger partial charge in [0.15, 0.2) is 23.0 Å². The van der Waals surface area contributed by atoms with Crippen LogP contribution in [0.5, 0.6) is 23.0 Å². The molecule has 0 aliphatic heterocycles. The predicted molar refractivity (Wildman–Crippen MR) is 81.6 cm³/mol. The van der Waals surface area contributed by atoms with Crippen LogP contribution in [0.4, 0.5) is 0 Å². The molecule has 0 atom stereocenters. The standard InChI is InChI=1S/C17H17NO4/c1-19-14-6-5-13(9-16(14)20-2)11-22-15-7-4-12(10-18)8-17(15)21-3/h4-9H,11H2,1-3H3. The molecule has 0 heterocycles. The Labute approximate surface area is 129 Å². The van der Waals surface area contributed by atoms with Gasteiger partial charge in [0.2, 0.25) is 0 Å². The van der Waals surface area contributed by atoms with Crippen LogP contribution in [0.25, 0.3) is 0 Å². The topological polar surface area (TPSA) is 60.7 Å². The monoisotopic (exact) mass is 299 g/mol. The van der Waals surface area contributed by atoms with Crippen molar-refractivity contribution in [2.75, 3.05) is 21.3 Å². The molecule has 0 saturated carbocycles. The van der Waals surface area contributed by atoms with E-state index in [2.05, 4.69) is 6.07 Å². The van der Waals surface area contributed by atoms with E-state index in [1.165, 1.54) is 0 Å². The van der Waals surface area contributed by atoms with Gasteiger partial charge in [0.05, 0.1) is 33.0 Å². The number of nitrogens with zero attached hydrogens (tertiary/aromatic N) is 1. The minimum atomic E-state index is 0.350. The van der Waals surface area contributed by atoms with E-state index in [-0.39, 0.29) is 0 Å². The van der Waals surface area contributed by atoms with Crippen molar-refractivity contribution in [3.05, 3.63) is 47.5 Å². The van der Waals surface area contributed by atoms with Crippen molar-refractivity contribution >= 4 is 0 Å². The third-order valence-electron chi connectivity index (χ3n) is 3.14. The highest BCUT2D eigenvalue weighted by molar-refractivity contribution is 5.47. The van der Waals surface area contributed by atoms with Gasteiger partial charge in [-0.3, -0.25) is 0 Å². The van der Waals surface area contributed by atoms with Crippen LogP contribution >= 0.6 is 0 Å². The smallest absolute Gasteiger partial charge is 0.162 e. The Morgan fingerprint density at radius 2 is 1.45 bits per heavy atom. The van der Waals surface area contributed by atoms with Gasteiger partial charge < -0.3 is 18.9 Å². The zero-order valence-electron chi connectivity index (χ0n) is 12.8. The summed E-state index contributed by atoms with van der Waals surface area (Å²) in [5.41, 5.74) is 1.46. The highest BCUT2D eigenvalue weighted by atomic mass is 16.5. The van der Waals surface area contributed by atoms with E-state index in [1.54, 1.807) is 39.5 Å². The molecule has 0 amide bonds. The van der Waals surface area contributed by atoms with Crippen LogP contribution in [0.3, 0.4) is 0 Å². The van der Waals surface area contributed by atoms with Gasteiger partial charge in [-0.2, -0.15) is 5.26 Å². The minimum absolute atomic E-state index is 0.350. The van der Waals surface area contributed by atoms with Gasteiger partial charge in [-0.05, 0) is 29.8 Å². The molecule has 5 nitrogen and oxygen atoms in total. The van der Waals surface area contributed by atoms with Gasteiger partial charge in [0.1, 0.15) is 6.61 Å². The second-order valence-electron chi connectivity index (χ2n) is 4.46. The second-order valence-corrected chi connectivity index (χ2v) is 4.46. The van der Waals surface area contributed by atoms with Gasteiger partial charge >= 0.3 is 0 Å². The normalized spacial score (nSPS) is 9.73. The molecule has 0 bridgehead atoms. The van der Waals surface area contributed by atoms with Crippen LogP contribution in [0.2, 0.25) is 0 Å². The average molecular weight is 299 g/mol. The molecule has 0 N–H and O–H groups in total. The van der Waals surface area contributed by atoms with E-state index in [0.29, 0.717) is 35.2 Å². The van der Waals surface area contributed by atoms with E-state index in [0.717, 1.165) is 5.56 Å². The Bertz CT molecular complexity index is 692. The maximum absolute atomic E-state index is 8.89. The molecule has 0 aliphatic carbocycles. The minimum Gasteiger partial charge on any atom is -0.493 e. The van der Waals surface area contributed by atoms with Gasteiger partial charge in [0, 0.05) is 6.07 Å². The molecule has 2 rings (SSSR count). The van der Waals surface area contributed by atoms with Crippen molar-refractivity contribution in [3.8, 4) is 29.1 Å². The molecule has 2 aromatic carbocycles. The Morgan fingerprint density at radius 1 is 0.818 bits per heavy atom. The van der Waals surface area contributed by atoms with Gasteiger partial charge in [-0.15, -0.1) is 0 Å². The van der Waals surface area contributed by atoms with Crippen LogP contribution in [0.1, 0.15) is 11.1 Å². The maximum Gasteiger partial charge on any atom is 0.162 e. The van der Waals surface area contributed by atoms with E-state index in [9.17, 15) is 0 Å². The van der Waals surface area contributed by atoms with Gasteiger partial charge in [0.25, 0.3) is 0 Å². The molecular formula is C17H17NO4. The van der Waals surface area contributed by atoms with Crippen LogP contribution in [0.15, 0.2) is 36.4 Å². The predicted octanol–water partition coefficient (Wildman–Crippen LogP) is 3.16. The van der Waals surface area contributed by atoms with E-state index >= 15 is 0 Å².